The van der Waals surface area contributed by atoms with Gasteiger partial charge < -0.3 is 4.57 Å². The molecule has 0 aliphatic rings. The highest BCUT2D eigenvalue weighted by atomic mass is 15.3. The van der Waals surface area contributed by atoms with E-state index in [0.29, 0.717) is 11.5 Å². The van der Waals surface area contributed by atoms with Gasteiger partial charge in [-0.15, -0.1) is 10.2 Å². The minimum atomic E-state index is 0.545. The van der Waals surface area contributed by atoms with E-state index >= 15 is 0 Å². The van der Waals surface area contributed by atoms with Gasteiger partial charge in [0.2, 0.25) is 0 Å². The Hall–Kier alpha value is -2.15. The maximum Gasteiger partial charge on any atom is 0.163 e. The first-order valence-electron chi connectivity index (χ1n) is 5.59. The van der Waals surface area contributed by atoms with Crippen LogP contribution in [0, 0.1) is 17.2 Å². The lowest BCUT2D eigenvalue weighted by Crippen LogP contribution is -2.05. The number of nitriles is 1. The Kier molecular flexibility index (Phi) is 3.20. The normalized spacial score (nSPS) is 10.5. The Balaban J connectivity index is 2.33. The molecular formula is C13H14N4. The molecule has 1 aromatic carbocycles. The van der Waals surface area contributed by atoms with Crippen molar-refractivity contribution in [3.8, 4) is 17.5 Å². The molecule has 0 N–H and O–H groups in total. The van der Waals surface area contributed by atoms with E-state index in [2.05, 4.69) is 30.1 Å². The fourth-order valence-corrected chi connectivity index (χ4v) is 1.70. The average Bonchev–Trinajstić information content (AvgIpc) is 2.76. The van der Waals surface area contributed by atoms with Crippen LogP contribution in [0.15, 0.2) is 30.6 Å². The molecule has 0 spiro atoms. The van der Waals surface area contributed by atoms with Crippen molar-refractivity contribution in [2.45, 2.75) is 20.4 Å². The highest BCUT2D eigenvalue weighted by Crippen LogP contribution is 2.18. The zero-order chi connectivity index (χ0) is 12.3. The van der Waals surface area contributed by atoms with Crippen molar-refractivity contribution in [1.29, 1.82) is 5.26 Å². The van der Waals surface area contributed by atoms with Gasteiger partial charge in [-0.1, -0.05) is 13.8 Å². The van der Waals surface area contributed by atoms with Crippen LogP contribution in [0.2, 0.25) is 0 Å². The first-order chi connectivity index (χ1) is 8.20. The van der Waals surface area contributed by atoms with Crippen LogP contribution < -0.4 is 0 Å². The van der Waals surface area contributed by atoms with Crippen molar-refractivity contribution >= 4 is 0 Å². The van der Waals surface area contributed by atoms with Gasteiger partial charge in [-0.05, 0) is 30.2 Å². The molecule has 0 unspecified atom stereocenters. The molecule has 2 aromatic rings. The van der Waals surface area contributed by atoms with Crippen LogP contribution in [0.25, 0.3) is 11.4 Å². The zero-order valence-corrected chi connectivity index (χ0v) is 9.96. The third-order valence-electron chi connectivity index (χ3n) is 2.45. The summed E-state index contributed by atoms with van der Waals surface area (Å²) >= 11 is 0. The Labute approximate surface area is 101 Å². The molecule has 0 aliphatic carbocycles. The van der Waals surface area contributed by atoms with Gasteiger partial charge >= 0.3 is 0 Å². The lowest BCUT2D eigenvalue weighted by atomic mass is 10.1. The second-order valence-electron chi connectivity index (χ2n) is 4.39. The van der Waals surface area contributed by atoms with E-state index < -0.39 is 0 Å². The minimum absolute atomic E-state index is 0.545. The predicted molar refractivity (Wildman–Crippen MR) is 65.0 cm³/mol. The summed E-state index contributed by atoms with van der Waals surface area (Å²) in [5.74, 6) is 1.39. The van der Waals surface area contributed by atoms with Gasteiger partial charge in [0.25, 0.3) is 0 Å². The van der Waals surface area contributed by atoms with Gasteiger partial charge in [0.1, 0.15) is 6.33 Å². The molecule has 0 saturated carbocycles. The van der Waals surface area contributed by atoms with Gasteiger partial charge in [0.15, 0.2) is 5.82 Å². The SMILES string of the molecule is CC(C)Cn1cnnc1-c1ccc(C#N)cc1. The molecule has 17 heavy (non-hydrogen) atoms. The van der Waals surface area contributed by atoms with E-state index in [-0.39, 0.29) is 0 Å². The summed E-state index contributed by atoms with van der Waals surface area (Å²) in [4.78, 5) is 0. The molecule has 0 bridgehead atoms. The number of hydrogen-bond acceptors (Lipinski definition) is 3. The number of rotatable bonds is 3. The lowest BCUT2D eigenvalue weighted by molar-refractivity contribution is 0.525. The molecule has 0 saturated heterocycles. The maximum absolute atomic E-state index is 8.75. The van der Waals surface area contributed by atoms with E-state index in [1.54, 1.807) is 18.5 Å². The molecule has 0 radical (unpaired) electrons. The Morgan fingerprint density at radius 1 is 1.29 bits per heavy atom. The monoisotopic (exact) mass is 226 g/mol. The topological polar surface area (TPSA) is 54.5 Å². The standard InChI is InChI=1S/C13H14N4/c1-10(2)8-17-9-15-16-13(17)12-5-3-11(7-14)4-6-12/h3-6,9-10H,8H2,1-2H3. The Morgan fingerprint density at radius 3 is 2.59 bits per heavy atom. The van der Waals surface area contributed by atoms with Crippen molar-refractivity contribution in [1.82, 2.24) is 14.8 Å². The van der Waals surface area contributed by atoms with Crippen molar-refractivity contribution in [3.63, 3.8) is 0 Å². The second kappa shape index (κ2) is 4.79. The Bertz CT molecular complexity index is 531. The van der Waals surface area contributed by atoms with Crippen LogP contribution in [0.1, 0.15) is 19.4 Å². The summed E-state index contributed by atoms with van der Waals surface area (Å²) in [7, 11) is 0. The number of benzene rings is 1. The quantitative estimate of drug-likeness (QED) is 0.807. The van der Waals surface area contributed by atoms with Crippen molar-refractivity contribution in [2.24, 2.45) is 5.92 Å². The van der Waals surface area contributed by atoms with Crippen LogP contribution in [0.5, 0.6) is 0 Å². The van der Waals surface area contributed by atoms with Crippen LogP contribution in [0.4, 0.5) is 0 Å². The highest BCUT2D eigenvalue weighted by molar-refractivity contribution is 5.56. The number of nitrogens with zero attached hydrogens (tertiary/aromatic N) is 4. The fraction of sp³-hybridized carbons (Fsp3) is 0.308. The smallest absolute Gasteiger partial charge is 0.163 e. The lowest BCUT2D eigenvalue weighted by Gasteiger charge is -2.08. The minimum Gasteiger partial charge on any atom is -0.313 e. The van der Waals surface area contributed by atoms with Gasteiger partial charge in [-0.3, -0.25) is 0 Å². The predicted octanol–water partition coefficient (Wildman–Crippen LogP) is 2.47. The van der Waals surface area contributed by atoms with E-state index in [1.165, 1.54) is 0 Å². The molecule has 86 valence electrons. The summed E-state index contributed by atoms with van der Waals surface area (Å²) in [5.41, 5.74) is 1.64. The molecule has 1 aromatic heterocycles. The van der Waals surface area contributed by atoms with Crippen LogP contribution in [-0.4, -0.2) is 14.8 Å². The highest BCUT2D eigenvalue weighted by Gasteiger charge is 2.08. The van der Waals surface area contributed by atoms with Gasteiger partial charge in [0, 0.05) is 12.1 Å². The maximum atomic E-state index is 8.75. The summed E-state index contributed by atoms with van der Waals surface area (Å²) in [6, 6.07) is 9.50. The van der Waals surface area contributed by atoms with E-state index in [0.717, 1.165) is 17.9 Å². The molecule has 2 rings (SSSR count). The van der Waals surface area contributed by atoms with Crippen molar-refractivity contribution in [2.75, 3.05) is 0 Å². The van der Waals surface area contributed by atoms with Crippen molar-refractivity contribution < 1.29 is 0 Å². The molecule has 0 aliphatic heterocycles. The van der Waals surface area contributed by atoms with E-state index in [1.807, 2.05) is 16.7 Å². The first-order valence-corrected chi connectivity index (χ1v) is 5.59. The van der Waals surface area contributed by atoms with Crippen LogP contribution in [-0.2, 0) is 6.54 Å². The van der Waals surface area contributed by atoms with Crippen LogP contribution >= 0.6 is 0 Å². The van der Waals surface area contributed by atoms with Crippen LogP contribution in [0.3, 0.4) is 0 Å². The molecule has 0 amide bonds. The van der Waals surface area contributed by atoms with E-state index in [9.17, 15) is 0 Å². The molecule has 0 fully saturated rings. The summed E-state index contributed by atoms with van der Waals surface area (Å²) in [6.45, 7) is 5.20. The fourth-order valence-electron chi connectivity index (χ4n) is 1.70. The molecular weight excluding hydrogens is 212 g/mol. The van der Waals surface area contributed by atoms with Gasteiger partial charge in [-0.25, -0.2) is 0 Å². The average molecular weight is 226 g/mol. The zero-order valence-electron chi connectivity index (χ0n) is 9.96. The van der Waals surface area contributed by atoms with E-state index in [4.69, 9.17) is 5.26 Å². The second-order valence-corrected chi connectivity index (χ2v) is 4.39. The first kappa shape index (κ1) is 11.3. The molecule has 4 heteroatoms. The third-order valence-corrected chi connectivity index (χ3v) is 2.45. The third kappa shape index (κ3) is 2.51. The Morgan fingerprint density at radius 2 is 2.00 bits per heavy atom. The van der Waals surface area contributed by atoms with Crippen molar-refractivity contribution in [3.05, 3.63) is 36.2 Å². The summed E-state index contributed by atoms with van der Waals surface area (Å²) in [5, 5.41) is 16.8. The summed E-state index contributed by atoms with van der Waals surface area (Å²) in [6.07, 6.45) is 1.74. The molecule has 1 heterocycles. The van der Waals surface area contributed by atoms with Gasteiger partial charge in [0.05, 0.1) is 11.6 Å². The largest absolute Gasteiger partial charge is 0.313 e. The molecule has 0 atom stereocenters. The molecule has 4 nitrogen and oxygen atoms in total. The number of hydrogen-bond donors (Lipinski definition) is 0. The summed E-state index contributed by atoms with van der Waals surface area (Å²) < 4.78 is 2.03. The number of aromatic nitrogens is 3. The van der Waals surface area contributed by atoms with Gasteiger partial charge in [-0.2, -0.15) is 5.26 Å².